The maximum Gasteiger partial charge on any atom is 0.348 e. The van der Waals surface area contributed by atoms with E-state index in [0.717, 1.165) is 23.3 Å². The van der Waals surface area contributed by atoms with Gasteiger partial charge in [0.1, 0.15) is 11.0 Å². The second-order valence-corrected chi connectivity index (χ2v) is 4.80. The molecule has 0 aromatic carbocycles. The first-order chi connectivity index (χ1) is 8.09. The Bertz CT molecular complexity index is 448. The van der Waals surface area contributed by atoms with Gasteiger partial charge in [0.25, 0.3) is 5.91 Å². The Kier molecular flexibility index (Phi) is 3.44. The molecule has 1 saturated heterocycles. The van der Waals surface area contributed by atoms with Crippen LogP contribution in [0.4, 0.5) is 5.69 Å². The predicted octanol–water partition coefficient (Wildman–Crippen LogP) is 1.87. The van der Waals surface area contributed by atoms with E-state index in [9.17, 15) is 9.59 Å². The molecule has 0 radical (unpaired) electrons. The Morgan fingerprint density at radius 1 is 1.59 bits per heavy atom. The monoisotopic (exact) mass is 255 g/mol. The van der Waals surface area contributed by atoms with Crippen molar-refractivity contribution in [1.82, 2.24) is 0 Å². The minimum Gasteiger partial charge on any atom is -0.477 e. The van der Waals surface area contributed by atoms with Crippen LogP contribution in [-0.4, -0.2) is 29.7 Å². The van der Waals surface area contributed by atoms with E-state index >= 15 is 0 Å². The van der Waals surface area contributed by atoms with Gasteiger partial charge in [0.15, 0.2) is 0 Å². The smallest absolute Gasteiger partial charge is 0.348 e. The summed E-state index contributed by atoms with van der Waals surface area (Å²) in [6, 6.07) is 0. The largest absolute Gasteiger partial charge is 0.477 e. The molecule has 2 rings (SSSR count). The van der Waals surface area contributed by atoms with Crippen molar-refractivity contribution in [3.05, 3.63) is 15.8 Å². The highest BCUT2D eigenvalue weighted by Gasteiger charge is 2.26. The molecular weight excluding hydrogens is 242 g/mol. The van der Waals surface area contributed by atoms with Gasteiger partial charge in [0, 0.05) is 6.61 Å². The third-order valence-corrected chi connectivity index (χ3v) is 3.73. The number of rotatable bonds is 3. The standard InChI is InChI=1S/C11H13NO4S/c1-6-5-17-9(11(14)15)8(6)12-10(13)7-3-2-4-16-7/h5,7H,2-4H2,1H3,(H,12,13)(H,14,15)/t7-/m0/s1. The minimum atomic E-state index is -1.02. The van der Waals surface area contributed by atoms with Crippen molar-refractivity contribution in [3.8, 4) is 0 Å². The Balaban J connectivity index is 2.14. The van der Waals surface area contributed by atoms with Crippen LogP contribution in [0.3, 0.4) is 0 Å². The predicted molar refractivity (Wildman–Crippen MR) is 63.6 cm³/mol. The van der Waals surface area contributed by atoms with Crippen molar-refractivity contribution in [3.63, 3.8) is 0 Å². The number of nitrogens with one attached hydrogen (secondary N) is 1. The second kappa shape index (κ2) is 4.85. The second-order valence-electron chi connectivity index (χ2n) is 3.92. The SMILES string of the molecule is Cc1csc(C(=O)O)c1NC(=O)[C@@H]1CCCO1. The lowest BCUT2D eigenvalue weighted by molar-refractivity contribution is -0.124. The van der Waals surface area contributed by atoms with Crippen LogP contribution in [-0.2, 0) is 9.53 Å². The Morgan fingerprint density at radius 3 is 2.94 bits per heavy atom. The number of hydrogen-bond donors (Lipinski definition) is 2. The number of carboxylic acids is 1. The van der Waals surface area contributed by atoms with Crippen LogP contribution >= 0.6 is 11.3 Å². The fourth-order valence-corrected chi connectivity index (χ4v) is 2.59. The van der Waals surface area contributed by atoms with Crippen molar-refractivity contribution in [2.75, 3.05) is 11.9 Å². The van der Waals surface area contributed by atoms with Gasteiger partial charge >= 0.3 is 5.97 Å². The van der Waals surface area contributed by atoms with Gasteiger partial charge in [0.05, 0.1) is 5.69 Å². The molecular formula is C11H13NO4S. The van der Waals surface area contributed by atoms with Crippen molar-refractivity contribution >= 4 is 28.9 Å². The zero-order chi connectivity index (χ0) is 12.4. The summed E-state index contributed by atoms with van der Waals surface area (Å²) in [5.41, 5.74) is 1.15. The average molecular weight is 255 g/mol. The number of amides is 1. The molecule has 17 heavy (non-hydrogen) atoms. The van der Waals surface area contributed by atoms with Crippen LogP contribution in [0.5, 0.6) is 0 Å². The Hall–Kier alpha value is -1.40. The number of anilines is 1. The number of ether oxygens (including phenoxy) is 1. The molecule has 0 spiro atoms. The van der Waals surface area contributed by atoms with E-state index in [-0.39, 0.29) is 10.8 Å². The molecule has 6 heteroatoms. The van der Waals surface area contributed by atoms with E-state index in [1.807, 2.05) is 0 Å². The van der Waals surface area contributed by atoms with Crippen molar-refractivity contribution < 1.29 is 19.4 Å². The molecule has 1 aliphatic rings. The summed E-state index contributed by atoms with van der Waals surface area (Å²) in [5, 5.41) is 13.3. The highest BCUT2D eigenvalue weighted by molar-refractivity contribution is 7.12. The van der Waals surface area contributed by atoms with Gasteiger partial charge in [-0.1, -0.05) is 0 Å². The van der Waals surface area contributed by atoms with E-state index in [4.69, 9.17) is 9.84 Å². The van der Waals surface area contributed by atoms with Crippen LogP contribution in [0.1, 0.15) is 28.1 Å². The number of aryl methyl sites for hydroxylation is 1. The molecule has 1 atom stereocenters. The van der Waals surface area contributed by atoms with E-state index in [1.165, 1.54) is 0 Å². The molecule has 2 N–H and O–H groups in total. The number of carboxylic acid groups (broad SMARTS) is 1. The van der Waals surface area contributed by atoms with E-state index in [1.54, 1.807) is 12.3 Å². The zero-order valence-corrected chi connectivity index (χ0v) is 10.2. The van der Waals surface area contributed by atoms with E-state index < -0.39 is 12.1 Å². The van der Waals surface area contributed by atoms with Crippen LogP contribution in [0.25, 0.3) is 0 Å². The Labute approximate surface area is 102 Å². The molecule has 0 saturated carbocycles. The number of hydrogen-bond acceptors (Lipinski definition) is 4. The van der Waals surface area contributed by atoms with Gasteiger partial charge in [-0.2, -0.15) is 0 Å². The molecule has 0 aliphatic carbocycles. The molecule has 1 aromatic heterocycles. The van der Waals surface area contributed by atoms with Crippen LogP contribution < -0.4 is 5.32 Å². The average Bonchev–Trinajstić information content (AvgIpc) is 2.89. The lowest BCUT2D eigenvalue weighted by Crippen LogP contribution is -2.27. The molecule has 1 aromatic rings. The third kappa shape index (κ3) is 2.48. The summed E-state index contributed by atoms with van der Waals surface area (Å²) >= 11 is 1.11. The topological polar surface area (TPSA) is 75.6 Å². The van der Waals surface area contributed by atoms with Crippen LogP contribution in [0.2, 0.25) is 0 Å². The fraction of sp³-hybridized carbons (Fsp3) is 0.455. The highest BCUT2D eigenvalue weighted by atomic mass is 32.1. The van der Waals surface area contributed by atoms with Gasteiger partial charge < -0.3 is 15.2 Å². The quantitative estimate of drug-likeness (QED) is 0.864. The number of aromatic carboxylic acids is 1. The van der Waals surface area contributed by atoms with Crippen molar-refractivity contribution in [2.45, 2.75) is 25.9 Å². The van der Waals surface area contributed by atoms with Crippen molar-refractivity contribution in [1.29, 1.82) is 0 Å². The van der Waals surface area contributed by atoms with Gasteiger partial charge in [-0.15, -0.1) is 11.3 Å². The number of carbonyl (C=O) groups excluding carboxylic acids is 1. The fourth-order valence-electron chi connectivity index (χ4n) is 1.75. The minimum absolute atomic E-state index is 0.161. The normalized spacial score (nSPS) is 19.2. The summed E-state index contributed by atoms with van der Waals surface area (Å²) in [4.78, 5) is 22.9. The van der Waals surface area contributed by atoms with Gasteiger partial charge in [0.2, 0.25) is 0 Å². The van der Waals surface area contributed by atoms with Gasteiger partial charge in [-0.25, -0.2) is 4.79 Å². The first kappa shape index (κ1) is 12.1. The molecule has 92 valence electrons. The summed E-state index contributed by atoms with van der Waals surface area (Å²) < 4.78 is 5.25. The molecule has 1 aliphatic heterocycles. The lowest BCUT2D eigenvalue weighted by Gasteiger charge is -2.10. The highest BCUT2D eigenvalue weighted by Crippen LogP contribution is 2.28. The molecule has 2 heterocycles. The summed E-state index contributed by atoms with van der Waals surface area (Å²) in [7, 11) is 0. The number of thiophene rings is 1. The van der Waals surface area contributed by atoms with Crippen LogP contribution in [0.15, 0.2) is 5.38 Å². The Morgan fingerprint density at radius 2 is 2.35 bits per heavy atom. The van der Waals surface area contributed by atoms with Crippen LogP contribution in [0, 0.1) is 6.92 Å². The number of carbonyl (C=O) groups is 2. The summed E-state index contributed by atoms with van der Waals surface area (Å²) in [5.74, 6) is -1.28. The maximum atomic E-state index is 11.8. The summed E-state index contributed by atoms with van der Waals surface area (Å²) in [6.45, 7) is 2.36. The van der Waals surface area contributed by atoms with Gasteiger partial charge in [-0.05, 0) is 30.7 Å². The molecule has 5 nitrogen and oxygen atoms in total. The van der Waals surface area contributed by atoms with E-state index in [0.29, 0.717) is 18.7 Å². The molecule has 0 unspecified atom stereocenters. The summed E-state index contributed by atoms with van der Waals surface area (Å²) in [6.07, 6.45) is 1.11. The zero-order valence-electron chi connectivity index (χ0n) is 9.36. The first-order valence-electron chi connectivity index (χ1n) is 5.33. The molecule has 1 amide bonds. The molecule has 0 bridgehead atoms. The van der Waals surface area contributed by atoms with Gasteiger partial charge in [-0.3, -0.25) is 4.79 Å². The third-order valence-electron chi connectivity index (χ3n) is 2.64. The van der Waals surface area contributed by atoms with E-state index in [2.05, 4.69) is 5.32 Å². The first-order valence-corrected chi connectivity index (χ1v) is 6.21. The van der Waals surface area contributed by atoms with Crippen molar-refractivity contribution in [2.24, 2.45) is 0 Å². The maximum absolute atomic E-state index is 11.8. The molecule has 1 fully saturated rings. The lowest BCUT2D eigenvalue weighted by atomic mass is 10.2.